The fourth-order valence-electron chi connectivity index (χ4n) is 1.51. The number of hydrogen-bond acceptors (Lipinski definition) is 3. The Morgan fingerprint density at radius 2 is 2.00 bits per heavy atom. The maximum Gasteiger partial charge on any atom is 0.163 e. The SMILES string of the molecule is CCS(=O)(=O)CCCC(=O)c1ccc(C)c(F)c1. The molecule has 0 unspecified atom stereocenters. The van der Waals surface area contributed by atoms with Gasteiger partial charge in [-0.3, -0.25) is 4.79 Å². The summed E-state index contributed by atoms with van der Waals surface area (Å²) in [6, 6.07) is 4.31. The molecule has 18 heavy (non-hydrogen) atoms. The topological polar surface area (TPSA) is 51.2 Å². The van der Waals surface area contributed by atoms with Gasteiger partial charge in [-0.2, -0.15) is 0 Å². The van der Waals surface area contributed by atoms with Gasteiger partial charge in [-0.25, -0.2) is 12.8 Å². The van der Waals surface area contributed by atoms with Crippen LogP contribution in [0.25, 0.3) is 0 Å². The lowest BCUT2D eigenvalue weighted by molar-refractivity contribution is 0.0981. The van der Waals surface area contributed by atoms with Gasteiger partial charge in [0.15, 0.2) is 5.78 Å². The van der Waals surface area contributed by atoms with Gasteiger partial charge in [0.25, 0.3) is 0 Å². The predicted molar refractivity (Wildman–Crippen MR) is 69.0 cm³/mol. The number of aryl methyl sites for hydroxylation is 1. The minimum absolute atomic E-state index is 0.00356. The van der Waals surface area contributed by atoms with Crippen LogP contribution in [0.15, 0.2) is 18.2 Å². The Balaban J connectivity index is 2.58. The molecule has 0 aliphatic carbocycles. The van der Waals surface area contributed by atoms with E-state index in [1.54, 1.807) is 26.0 Å². The highest BCUT2D eigenvalue weighted by molar-refractivity contribution is 7.91. The number of halogens is 1. The second kappa shape index (κ2) is 6.09. The minimum atomic E-state index is -3.04. The van der Waals surface area contributed by atoms with Crippen LogP contribution in [0.3, 0.4) is 0 Å². The number of hydrogen-bond donors (Lipinski definition) is 0. The van der Waals surface area contributed by atoms with Crippen molar-refractivity contribution in [2.24, 2.45) is 0 Å². The van der Waals surface area contributed by atoms with E-state index in [1.807, 2.05) is 0 Å². The van der Waals surface area contributed by atoms with Gasteiger partial charge in [0.2, 0.25) is 0 Å². The molecule has 0 aliphatic heterocycles. The van der Waals surface area contributed by atoms with E-state index in [2.05, 4.69) is 0 Å². The van der Waals surface area contributed by atoms with Gasteiger partial charge in [0.1, 0.15) is 15.7 Å². The fraction of sp³-hybridized carbons (Fsp3) is 0.462. The zero-order valence-electron chi connectivity index (χ0n) is 10.6. The van der Waals surface area contributed by atoms with E-state index >= 15 is 0 Å². The quantitative estimate of drug-likeness (QED) is 0.748. The van der Waals surface area contributed by atoms with Crippen LogP contribution in [0.1, 0.15) is 35.7 Å². The highest BCUT2D eigenvalue weighted by Crippen LogP contribution is 2.12. The smallest absolute Gasteiger partial charge is 0.163 e. The zero-order chi connectivity index (χ0) is 13.8. The molecule has 0 bridgehead atoms. The summed E-state index contributed by atoms with van der Waals surface area (Å²) in [4.78, 5) is 11.7. The van der Waals surface area contributed by atoms with Gasteiger partial charge in [0.05, 0.1) is 5.75 Å². The van der Waals surface area contributed by atoms with E-state index in [0.29, 0.717) is 11.1 Å². The lowest BCUT2D eigenvalue weighted by Gasteiger charge is -2.03. The molecule has 1 rings (SSSR count). The molecule has 0 radical (unpaired) electrons. The summed E-state index contributed by atoms with van der Waals surface area (Å²) in [5, 5.41) is 0. The second-order valence-electron chi connectivity index (χ2n) is 4.23. The highest BCUT2D eigenvalue weighted by atomic mass is 32.2. The van der Waals surface area contributed by atoms with E-state index in [0.717, 1.165) is 0 Å². The second-order valence-corrected chi connectivity index (χ2v) is 6.70. The predicted octanol–water partition coefficient (Wildman–Crippen LogP) is 2.53. The van der Waals surface area contributed by atoms with Crippen LogP contribution in [0.2, 0.25) is 0 Å². The first-order chi connectivity index (χ1) is 8.35. The number of sulfone groups is 1. The van der Waals surface area contributed by atoms with Gasteiger partial charge in [-0.1, -0.05) is 19.1 Å². The van der Waals surface area contributed by atoms with Crippen LogP contribution in [-0.2, 0) is 9.84 Å². The molecule has 0 heterocycles. The zero-order valence-corrected chi connectivity index (χ0v) is 11.4. The maximum atomic E-state index is 13.3. The van der Waals surface area contributed by atoms with Crippen molar-refractivity contribution < 1.29 is 17.6 Å². The molecule has 0 aliphatic rings. The number of ketones is 1. The fourth-order valence-corrected chi connectivity index (χ4v) is 2.38. The van der Waals surface area contributed by atoms with Gasteiger partial charge >= 0.3 is 0 Å². The van der Waals surface area contributed by atoms with Crippen molar-refractivity contribution >= 4 is 15.6 Å². The number of rotatable bonds is 6. The average Bonchev–Trinajstić information content (AvgIpc) is 2.32. The number of Topliss-reactive ketones (excluding diaryl/α,β-unsaturated/α-hetero) is 1. The van der Waals surface area contributed by atoms with E-state index in [-0.39, 0.29) is 30.1 Å². The molecule has 0 N–H and O–H groups in total. The Morgan fingerprint density at radius 3 is 2.56 bits per heavy atom. The summed E-state index contributed by atoms with van der Waals surface area (Å²) in [6.07, 6.45) is 0.409. The molecular weight excluding hydrogens is 255 g/mol. The van der Waals surface area contributed by atoms with Crippen LogP contribution >= 0.6 is 0 Å². The molecular formula is C13H17FO3S. The van der Waals surface area contributed by atoms with E-state index in [1.165, 1.54) is 6.07 Å². The van der Waals surface area contributed by atoms with Crippen molar-refractivity contribution in [3.05, 3.63) is 35.1 Å². The summed E-state index contributed by atoms with van der Waals surface area (Å²) in [5.74, 6) is -0.550. The Morgan fingerprint density at radius 1 is 1.33 bits per heavy atom. The van der Waals surface area contributed by atoms with E-state index in [4.69, 9.17) is 0 Å². The van der Waals surface area contributed by atoms with Gasteiger partial charge in [0, 0.05) is 17.7 Å². The average molecular weight is 272 g/mol. The molecule has 1 aromatic rings. The molecule has 0 aromatic heterocycles. The summed E-state index contributed by atoms with van der Waals surface area (Å²) in [5.41, 5.74) is 0.784. The lowest BCUT2D eigenvalue weighted by atomic mass is 10.1. The van der Waals surface area contributed by atoms with Gasteiger partial charge in [-0.15, -0.1) is 0 Å². The van der Waals surface area contributed by atoms with Crippen LogP contribution in [0.5, 0.6) is 0 Å². The summed E-state index contributed by atoms with van der Waals surface area (Å²) in [7, 11) is -3.04. The first-order valence-electron chi connectivity index (χ1n) is 5.85. The van der Waals surface area contributed by atoms with Crippen molar-refractivity contribution in [3.63, 3.8) is 0 Å². The Kier molecular flexibility index (Phi) is 5.02. The molecule has 5 heteroatoms. The third-order valence-electron chi connectivity index (χ3n) is 2.79. The van der Waals surface area contributed by atoms with Crippen molar-refractivity contribution in [2.75, 3.05) is 11.5 Å². The molecule has 0 spiro atoms. The normalized spacial score (nSPS) is 11.5. The third kappa shape index (κ3) is 4.22. The molecule has 0 amide bonds. The summed E-state index contributed by atoms with van der Waals surface area (Å²) < 4.78 is 35.7. The third-order valence-corrected chi connectivity index (χ3v) is 4.58. The monoisotopic (exact) mass is 272 g/mol. The van der Waals surface area contributed by atoms with Crippen molar-refractivity contribution in [1.82, 2.24) is 0 Å². The number of carbonyl (C=O) groups is 1. The highest BCUT2D eigenvalue weighted by Gasteiger charge is 2.11. The first-order valence-corrected chi connectivity index (χ1v) is 7.67. The summed E-state index contributed by atoms with van der Waals surface area (Å²) >= 11 is 0. The molecule has 100 valence electrons. The largest absolute Gasteiger partial charge is 0.294 e. The molecule has 1 aromatic carbocycles. The number of carbonyl (C=O) groups excluding carboxylic acids is 1. The van der Waals surface area contributed by atoms with Crippen molar-refractivity contribution in [2.45, 2.75) is 26.7 Å². The van der Waals surface area contributed by atoms with Gasteiger partial charge < -0.3 is 0 Å². The first kappa shape index (κ1) is 14.8. The summed E-state index contributed by atoms with van der Waals surface area (Å²) in [6.45, 7) is 3.20. The number of benzene rings is 1. The van der Waals surface area contributed by atoms with Crippen molar-refractivity contribution in [1.29, 1.82) is 0 Å². The lowest BCUT2D eigenvalue weighted by Crippen LogP contribution is -2.10. The Labute approximate surface area is 107 Å². The van der Waals surface area contributed by atoms with E-state index < -0.39 is 15.7 Å². The molecule has 0 saturated carbocycles. The molecule has 0 fully saturated rings. The Bertz CT molecular complexity index is 535. The molecule has 0 saturated heterocycles. The molecule has 0 atom stereocenters. The Hall–Kier alpha value is -1.23. The van der Waals surface area contributed by atoms with Crippen LogP contribution < -0.4 is 0 Å². The standard InChI is InChI=1S/C13H17FO3S/c1-3-18(16,17)8-4-5-13(15)11-7-6-10(2)12(14)9-11/h6-7,9H,3-5,8H2,1-2H3. The van der Waals surface area contributed by atoms with E-state index in [9.17, 15) is 17.6 Å². The van der Waals surface area contributed by atoms with Gasteiger partial charge in [-0.05, 0) is 25.0 Å². The van der Waals surface area contributed by atoms with Crippen LogP contribution in [-0.4, -0.2) is 25.7 Å². The van der Waals surface area contributed by atoms with Crippen LogP contribution in [0.4, 0.5) is 4.39 Å². The maximum absolute atomic E-state index is 13.3. The molecule has 3 nitrogen and oxygen atoms in total. The minimum Gasteiger partial charge on any atom is -0.294 e. The van der Waals surface area contributed by atoms with Crippen LogP contribution in [0, 0.1) is 12.7 Å². The van der Waals surface area contributed by atoms with Crippen molar-refractivity contribution in [3.8, 4) is 0 Å².